The Labute approximate surface area is 169 Å². The van der Waals surface area contributed by atoms with Gasteiger partial charge in [-0.1, -0.05) is 31.2 Å². The number of nitrogens with zero attached hydrogens (tertiary/aromatic N) is 1. The monoisotopic (exact) mass is 396 g/mol. The molecular formula is C22H24N2O5. The first-order valence-corrected chi connectivity index (χ1v) is 9.58. The topological polar surface area (TPSA) is 84.9 Å². The van der Waals surface area contributed by atoms with Crippen LogP contribution in [0.2, 0.25) is 0 Å². The molecule has 0 aliphatic carbocycles. The highest BCUT2D eigenvalue weighted by molar-refractivity contribution is 5.90. The molecule has 2 aromatic rings. The Kier molecular flexibility index (Phi) is 6.49. The van der Waals surface area contributed by atoms with Crippen LogP contribution in [0.5, 0.6) is 5.75 Å². The van der Waals surface area contributed by atoms with Gasteiger partial charge in [-0.25, -0.2) is 4.79 Å². The van der Waals surface area contributed by atoms with Crippen LogP contribution >= 0.6 is 0 Å². The molecule has 7 nitrogen and oxygen atoms in total. The fourth-order valence-electron chi connectivity index (χ4n) is 3.00. The van der Waals surface area contributed by atoms with Crippen LogP contribution in [0.3, 0.4) is 0 Å². The first-order chi connectivity index (χ1) is 14.0. The largest absolute Gasteiger partial charge is 0.490 e. The van der Waals surface area contributed by atoms with E-state index in [0.29, 0.717) is 24.6 Å². The number of carbonyl (C=O) groups excluding carboxylic acids is 2. The van der Waals surface area contributed by atoms with Crippen molar-refractivity contribution in [1.29, 1.82) is 0 Å². The molecule has 1 atom stereocenters. The first-order valence-electron chi connectivity index (χ1n) is 9.58. The molecule has 7 heteroatoms. The van der Waals surface area contributed by atoms with Crippen molar-refractivity contribution in [2.75, 3.05) is 24.6 Å². The summed E-state index contributed by atoms with van der Waals surface area (Å²) >= 11 is 0. The van der Waals surface area contributed by atoms with E-state index in [2.05, 4.69) is 5.32 Å². The van der Waals surface area contributed by atoms with E-state index >= 15 is 0 Å². The maximum atomic E-state index is 12.1. The van der Waals surface area contributed by atoms with Crippen LogP contribution in [0.1, 0.15) is 20.3 Å². The number of carbonyl (C=O) groups is 2. The van der Waals surface area contributed by atoms with Crippen LogP contribution in [0.15, 0.2) is 53.3 Å². The standard InChI is InChI=1S/C22H24N2O5/c1-3-12-28-21-11-7-17(6-10-20(21)26)16-4-8-18(9-5-16)24-14-19(29-22(24)27)13-23-15(2)25/h4-11,19H,3,12-14H2,1-2H3,(H,23,25). The van der Waals surface area contributed by atoms with Gasteiger partial charge in [0.1, 0.15) is 6.10 Å². The predicted molar refractivity (Wildman–Crippen MR) is 110 cm³/mol. The molecule has 3 rings (SSSR count). The van der Waals surface area contributed by atoms with Crippen molar-refractivity contribution in [2.24, 2.45) is 0 Å². The van der Waals surface area contributed by atoms with Crippen molar-refractivity contribution in [3.63, 3.8) is 0 Å². The number of anilines is 1. The van der Waals surface area contributed by atoms with E-state index in [0.717, 1.165) is 17.5 Å². The van der Waals surface area contributed by atoms with Crippen molar-refractivity contribution in [3.8, 4) is 16.9 Å². The highest BCUT2D eigenvalue weighted by Gasteiger charge is 2.32. The fraction of sp³-hybridized carbons (Fsp3) is 0.318. The van der Waals surface area contributed by atoms with Crippen molar-refractivity contribution < 1.29 is 19.1 Å². The quantitative estimate of drug-likeness (QED) is 0.778. The number of benzene rings is 1. The normalized spacial score (nSPS) is 15.7. The first kappa shape index (κ1) is 20.4. The predicted octanol–water partition coefficient (Wildman–Crippen LogP) is 2.96. The molecule has 1 fully saturated rings. The van der Waals surface area contributed by atoms with Gasteiger partial charge in [0.15, 0.2) is 5.75 Å². The lowest BCUT2D eigenvalue weighted by Gasteiger charge is -2.13. The lowest BCUT2D eigenvalue weighted by molar-refractivity contribution is -0.119. The molecule has 0 bridgehead atoms. The zero-order valence-electron chi connectivity index (χ0n) is 16.5. The Morgan fingerprint density at radius 2 is 1.76 bits per heavy atom. The molecule has 0 spiro atoms. The molecule has 1 aliphatic heterocycles. The fourth-order valence-corrected chi connectivity index (χ4v) is 3.00. The molecule has 1 N–H and O–H groups in total. The summed E-state index contributed by atoms with van der Waals surface area (Å²) in [4.78, 5) is 36.8. The molecule has 1 aliphatic rings. The number of amides is 2. The second-order valence-electron chi connectivity index (χ2n) is 6.80. The van der Waals surface area contributed by atoms with Crippen molar-refractivity contribution in [3.05, 3.63) is 58.8 Å². The van der Waals surface area contributed by atoms with E-state index < -0.39 is 6.09 Å². The number of cyclic esters (lactones) is 1. The van der Waals surface area contributed by atoms with Gasteiger partial charge in [-0.05, 0) is 41.8 Å². The summed E-state index contributed by atoms with van der Waals surface area (Å²) in [7, 11) is 0. The second kappa shape index (κ2) is 9.23. The molecular weight excluding hydrogens is 372 g/mol. The van der Waals surface area contributed by atoms with Gasteiger partial charge < -0.3 is 14.8 Å². The van der Waals surface area contributed by atoms with E-state index in [1.165, 1.54) is 17.9 Å². The highest BCUT2D eigenvalue weighted by atomic mass is 16.6. The van der Waals surface area contributed by atoms with Crippen LogP contribution in [-0.2, 0) is 9.53 Å². The minimum Gasteiger partial charge on any atom is -0.490 e. The zero-order valence-corrected chi connectivity index (χ0v) is 16.5. The van der Waals surface area contributed by atoms with E-state index in [-0.39, 0.29) is 24.0 Å². The van der Waals surface area contributed by atoms with Crippen molar-refractivity contribution in [2.45, 2.75) is 26.4 Å². The van der Waals surface area contributed by atoms with Crippen LogP contribution in [0.25, 0.3) is 11.1 Å². The smallest absolute Gasteiger partial charge is 0.414 e. The van der Waals surface area contributed by atoms with Crippen LogP contribution < -0.4 is 20.4 Å². The summed E-state index contributed by atoms with van der Waals surface area (Å²) in [5.74, 6) is 0.170. The summed E-state index contributed by atoms with van der Waals surface area (Å²) in [5.41, 5.74) is 2.33. The number of rotatable bonds is 7. The summed E-state index contributed by atoms with van der Waals surface area (Å²) in [6.45, 7) is 4.56. The summed E-state index contributed by atoms with van der Waals surface area (Å²) in [6, 6.07) is 14.2. The molecule has 152 valence electrons. The molecule has 1 unspecified atom stereocenters. The molecule has 1 saturated heterocycles. The Morgan fingerprint density at radius 1 is 1.10 bits per heavy atom. The van der Waals surface area contributed by atoms with Gasteiger partial charge in [0.25, 0.3) is 0 Å². The van der Waals surface area contributed by atoms with Gasteiger partial charge in [0.05, 0.1) is 19.7 Å². The van der Waals surface area contributed by atoms with Crippen molar-refractivity contribution in [1.82, 2.24) is 5.32 Å². The van der Waals surface area contributed by atoms with Gasteiger partial charge in [-0.15, -0.1) is 0 Å². The summed E-state index contributed by atoms with van der Waals surface area (Å²) in [6.07, 6.45) is 0.0148. The van der Waals surface area contributed by atoms with Gasteiger partial charge in [0.2, 0.25) is 11.3 Å². The molecule has 29 heavy (non-hydrogen) atoms. The Bertz CT molecular complexity index is 943. The number of hydrogen-bond acceptors (Lipinski definition) is 5. The Morgan fingerprint density at radius 3 is 2.41 bits per heavy atom. The van der Waals surface area contributed by atoms with Gasteiger partial charge in [-0.3, -0.25) is 14.5 Å². The average molecular weight is 396 g/mol. The third-order valence-electron chi connectivity index (χ3n) is 4.50. The Hall–Kier alpha value is -3.35. The second-order valence-corrected chi connectivity index (χ2v) is 6.80. The summed E-state index contributed by atoms with van der Waals surface area (Å²) in [5, 5.41) is 2.66. The SMILES string of the molecule is CCCOc1ccc(-c2ccc(N3CC(CNC(C)=O)OC3=O)cc2)ccc1=O. The third-order valence-corrected chi connectivity index (χ3v) is 4.50. The van der Waals surface area contributed by atoms with Crippen LogP contribution in [0, 0.1) is 0 Å². The Balaban J connectivity index is 1.73. The molecule has 0 saturated carbocycles. The molecule has 0 radical (unpaired) electrons. The van der Waals surface area contributed by atoms with Gasteiger partial charge >= 0.3 is 6.09 Å². The average Bonchev–Trinajstić information content (AvgIpc) is 2.98. The van der Waals surface area contributed by atoms with E-state index in [9.17, 15) is 14.4 Å². The lowest BCUT2D eigenvalue weighted by Crippen LogP contribution is -2.33. The molecule has 2 aromatic carbocycles. The number of ether oxygens (including phenoxy) is 2. The maximum Gasteiger partial charge on any atom is 0.414 e. The molecule has 1 heterocycles. The van der Waals surface area contributed by atoms with E-state index in [1.807, 2.05) is 37.3 Å². The van der Waals surface area contributed by atoms with Crippen LogP contribution in [0.4, 0.5) is 10.5 Å². The van der Waals surface area contributed by atoms with Gasteiger partial charge in [-0.2, -0.15) is 0 Å². The summed E-state index contributed by atoms with van der Waals surface area (Å²) < 4.78 is 10.8. The number of nitrogens with one attached hydrogen (secondary N) is 1. The van der Waals surface area contributed by atoms with E-state index in [1.54, 1.807) is 12.1 Å². The van der Waals surface area contributed by atoms with Gasteiger partial charge in [0, 0.05) is 12.6 Å². The molecule has 2 amide bonds. The third kappa shape index (κ3) is 5.13. The molecule has 0 aromatic heterocycles. The highest BCUT2D eigenvalue weighted by Crippen LogP contribution is 2.26. The van der Waals surface area contributed by atoms with E-state index in [4.69, 9.17) is 9.47 Å². The van der Waals surface area contributed by atoms with Crippen molar-refractivity contribution >= 4 is 17.7 Å². The zero-order chi connectivity index (χ0) is 20.8. The van der Waals surface area contributed by atoms with Crippen LogP contribution in [-0.4, -0.2) is 37.8 Å². The maximum absolute atomic E-state index is 12.1. The lowest BCUT2D eigenvalue weighted by atomic mass is 10.1. The number of hydrogen-bond donors (Lipinski definition) is 1. The minimum atomic E-state index is -0.437. The minimum absolute atomic E-state index is 0.161.